The highest BCUT2D eigenvalue weighted by atomic mass is 32.2. The predicted molar refractivity (Wildman–Crippen MR) is 115 cm³/mol. The van der Waals surface area contributed by atoms with Gasteiger partial charge in [-0.05, 0) is 67.8 Å². The maximum Gasteiger partial charge on any atom is 0.266 e. The number of fused-ring (bicyclic) bond motifs is 1. The smallest absolute Gasteiger partial charge is 0.266 e. The summed E-state index contributed by atoms with van der Waals surface area (Å²) in [5, 5.41) is 1.42. The van der Waals surface area contributed by atoms with Crippen molar-refractivity contribution in [3.63, 3.8) is 0 Å². The second-order valence-corrected chi connectivity index (χ2v) is 8.25. The van der Waals surface area contributed by atoms with Crippen LogP contribution in [0.2, 0.25) is 0 Å². The van der Waals surface area contributed by atoms with Crippen LogP contribution in [0, 0.1) is 13.8 Å². The molecule has 28 heavy (non-hydrogen) atoms. The van der Waals surface area contributed by atoms with Crippen molar-refractivity contribution < 1.29 is 0 Å². The van der Waals surface area contributed by atoms with Crippen LogP contribution in [-0.2, 0) is 0 Å². The molecule has 0 spiro atoms. The van der Waals surface area contributed by atoms with Crippen molar-refractivity contribution in [3.05, 3.63) is 94.0 Å². The van der Waals surface area contributed by atoms with Crippen molar-refractivity contribution in [1.29, 1.82) is 0 Å². The Kier molecular flexibility index (Phi) is 5.01. The second-order valence-electron chi connectivity index (χ2n) is 6.94. The lowest BCUT2D eigenvalue weighted by atomic mass is 10.1. The molecule has 0 saturated carbocycles. The maximum atomic E-state index is 13.4. The Labute approximate surface area is 168 Å². The van der Waals surface area contributed by atoms with Crippen molar-refractivity contribution in [3.8, 4) is 5.69 Å². The van der Waals surface area contributed by atoms with Crippen LogP contribution in [0.3, 0.4) is 0 Å². The summed E-state index contributed by atoms with van der Waals surface area (Å²) in [7, 11) is 0. The Bertz CT molecular complexity index is 1180. The van der Waals surface area contributed by atoms with E-state index in [9.17, 15) is 4.79 Å². The van der Waals surface area contributed by atoms with E-state index in [-0.39, 0.29) is 10.8 Å². The van der Waals surface area contributed by atoms with E-state index >= 15 is 0 Å². The SMILES string of the molecule is Cc1cc(C)cc(-n2c(S[C@H](C)c3cccnc3)nc3ccccc3c2=O)c1. The third kappa shape index (κ3) is 3.58. The van der Waals surface area contributed by atoms with Gasteiger partial charge in [0.1, 0.15) is 0 Å². The van der Waals surface area contributed by atoms with E-state index in [1.165, 1.54) is 0 Å². The Morgan fingerprint density at radius 2 is 1.75 bits per heavy atom. The number of aromatic nitrogens is 3. The summed E-state index contributed by atoms with van der Waals surface area (Å²) in [5.74, 6) is 0. The number of pyridine rings is 1. The second kappa shape index (κ2) is 7.60. The molecule has 1 atom stereocenters. The maximum absolute atomic E-state index is 13.4. The minimum atomic E-state index is -0.0449. The Morgan fingerprint density at radius 3 is 2.46 bits per heavy atom. The number of para-hydroxylation sites is 1. The van der Waals surface area contributed by atoms with Crippen LogP contribution < -0.4 is 5.56 Å². The van der Waals surface area contributed by atoms with Crippen molar-refractivity contribution in [2.75, 3.05) is 0 Å². The fraction of sp³-hybridized carbons (Fsp3) is 0.174. The van der Waals surface area contributed by atoms with Crippen molar-refractivity contribution >= 4 is 22.7 Å². The topological polar surface area (TPSA) is 47.8 Å². The van der Waals surface area contributed by atoms with Crippen LogP contribution >= 0.6 is 11.8 Å². The molecule has 4 aromatic rings. The molecule has 0 N–H and O–H groups in total. The van der Waals surface area contributed by atoms with E-state index < -0.39 is 0 Å². The first-order valence-corrected chi connectivity index (χ1v) is 10.1. The molecule has 0 aliphatic rings. The average molecular weight is 388 g/mol. The lowest BCUT2D eigenvalue weighted by Gasteiger charge is -2.17. The number of aryl methyl sites for hydroxylation is 2. The molecule has 0 unspecified atom stereocenters. The molecule has 2 aromatic heterocycles. The molecule has 0 aliphatic heterocycles. The third-order valence-electron chi connectivity index (χ3n) is 4.65. The molecular formula is C23H21N3OS. The molecule has 0 saturated heterocycles. The first-order valence-electron chi connectivity index (χ1n) is 9.20. The van der Waals surface area contributed by atoms with Gasteiger partial charge in [-0.1, -0.05) is 36.0 Å². The van der Waals surface area contributed by atoms with Crippen molar-refractivity contribution in [1.82, 2.24) is 14.5 Å². The minimum Gasteiger partial charge on any atom is -0.268 e. The number of nitrogens with zero attached hydrogens (tertiary/aromatic N) is 3. The molecule has 0 fully saturated rings. The quantitative estimate of drug-likeness (QED) is 0.354. The zero-order valence-electron chi connectivity index (χ0n) is 16.1. The van der Waals surface area contributed by atoms with Gasteiger partial charge in [-0.3, -0.25) is 14.3 Å². The summed E-state index contributed by atoms with van der Waals surface area (Å²) in [4.78, 5) is 22.4. The van der Waals surface area contributed by atoms with Crippen molar-refractivity contribution in [2.45, 2.75) is 31.2 Å². The van der Waals surface area contributed by atoms with E-state index in [4.69, 9.17) is 4.98 Å². The molecule has 0 bridgehead atoms. The lowest BCUT2D eigenvalue weighted by molar-refractivity contribution is 0.813. The molecule has 140 valence electrons. The van der Waals surface area contributed by atoms with Gasteiger partial charge in [-0.25, -0.2) is 4.98 Å². The summed E-state index contributed by atoms with van der Waals surface area (Å²) >= 11 is 1.57. The number of thioether (sulfide) groups is 1. The highest BCUT2D eigenvalue weighted by Crippen LogP contribution is 2.34. The first-order chi connectivity index (χ1) is 13.5. The summed E-state index contributed by atoms with van der Waals surface area (Å²) in [6, 6.07) is 17.7. The van der Waals surface area contributed by atoms with Gasteiger partial charge >= 0.3 is 0 Å². The van der Waals surface area contributed by atoms with Crippen molar-refractivity contribution in [2.24, 2.45) is 0 Å². The molecule has 4 nitrogen and oxygen atoms in total. The predicted octanol–water partition coefficient (Wildman–Crippen LogP) is 5.25. The van der Waals surface area contributed by atoms with Gasteiger partial charge in [-0.2, -0.15) is 0 Å². The summed E-state index contributed by atoms with van der Waals surface area (Å²) in [5.41, 5.74) is 4.85. The summed E-state index contributed by atoms with van der Waals surface area (Å²) < 4.78 is 1.74. The van der Waals surface area contributed by atoms with E-state index in [2.05, 4.69) is 18.0 Å². The Hall–Kier alpha value is -2.92. The van der Waals surface area contributed by atoms with Crippen LogP contribution in [0.4, 0.5) is 0 Å². The molecule has 0 aliphatic carbocycles. The third-order valence-corrected chi connectivity index (χ3v) is 5.76. The zero-order valence-corrected chi connectivity index (χ0v) is 16.9. The van der Waals surface area contributed by atoms with Gasteiger partial charge in [-0.15, -0.1) is 0 Å². The van der Waals surface area contributed by atoms with E-state index in [0.717, 1.165) is 22.4 Å². The normalized spacial score (nSPS) is 12.2. The molecule has 0 radical (unpaired) electrons. The Balaban J connectivity index is 1.92. The van der Waals surface area contributed by atoms with Crippen LogP contribution in [-0.4, -0.2) is 14.5 Å². The highest BCUT2D eigenvalue weighted by Gasteiger charge is 2.17. The van der Waals surface area contributed by atoms with E-state index in [0.29, 0.717) is 16.1 Å². The minimum absolute atomic E-state index is 0.0449. The fourth-order valence-corrected chi connectivity index (χ4v) is 4.38. The molecule has 0 amide bonds. The van der Waals surface area contributed by atoms with Gasteiger partial charge in [0.25, 0.3) is 5.56 Å². The molecular weight excluding hydrogens is 366 g/mol. The van der Waals surface area contributed by atoms with E-state index in [1.807, 2.05) is 68.6 Å². The van der Waals surface area contributed by atoms with Gasteiger partial charge in [0.15, 0.2) is 5.16 Å². The highest BCUT2D eigenvalue weighted by molar-refractivity contribution is 7.99. The standard InChI is InChI=1S/C23H21N3OS/c1-15-11-16(2)13-19(12-15)26-22(27)20-8-4-5-9-21(20)25-23(26)28-17(3)18-7-6-10-24-14-18/h4-14,17H,1-3H3/t17-/m1/s1. The van der Waals surface area contributed by atoms with Gasteiger partial charge in [0.2, 0.25) is 0 Å². The molecule has 2 heterocycles. The summed E-state index contributed by atoms with van der Waals surface area (Å²) in [6.45, 7) is 6.19. The van der Waals surface area contributed by atoms with Crippen LogP contribution in [0.25, 0.3) is 16.6 Å². The Morgan fingerprint density at radius 1 is 1.00 bits per heavy atom. The van der Waals surface area contributed by atoms with Gasteiger partial charge in [0.05, 0.1) is 16.6 Å². The molecule has 4 rings (SSSR count). The number of benzene rings is 2. The van der Waals surface area contributed by atoms with Gasteiger partial charge < -0.3 is 0 Å². The molecule has 5 heteroatoms. The fourth-order valence-electron chi connectivity index (χ4n) is 3.34. The first kappa shape index (κ1) is 18.4. The van der Waals surface area contributed by atoms with E-state index in [1.54, 1.807) is 22.5 Å². The van der Waals surface area contributed by atoms with Crippen LogP contribution in [0.15, 0.2) is 76.9 Å². The molecule has 2 aromatic carbocycles. The van der Waals surface area contributed by atoms with Gasteiger partial charge in [0, 0.05) is 17.6 Å². The average Bonchev–Trinajstić information content (AvgIpc) is 2.68. The summed E-state index contributed by atoms with van der Waals surface area (Å²) in [6.07, 6.45) is 3.62. The van der Waals surface area contributed by atoms with Crippen LogP contribution in [0.1, 0.15) is 28.9 Å². The zero-order chi connectivity index (χ0) is 19.7. The lowest BCUT2D eigenvalue weighted by Crippen LogP contribution is -2.22. The monoisotopic (exact) mass is 387 g/mol. The van der Waals surface area contributed by atoms with Crippen LogP contribution in [0.5, 0.6) is 0 Å². The number of hydrogen-bond acceptors (Lipinski definition) is 4. The number of hydrogen-bond donors (Lipinski definition) is 0. The largest absolute Gasteiger partial charge is 0.268 e. The number of rotatable bonds is 4.